The Morgan fingerprint density at radius 2 is 1.27 bits per heavy atom. The highest BCUT2D eigenvalue weighted by Crippen LogP contribution is 2.15. The van der Waals surface area contributed by atoms with E-state index in [9.17, 15) is 9.59 Å². The molecule has 0 heterocycles. The number of hydrogen-bond acceptors (Lipinski definition) is 9. The van der Waals surface area contributed by atoms with E-state index >= 15 is 0 Å². The zero-order valence-corrected chi connectivity index (χ0v) is 15.4. The molecule has 9 heteroatoms. The molecule has 0 amide bonds. The zero-order chi connectivity index (χ0) is 20.6. The second-order valence-electron chi connectivity index (χ2n) is 5.58. The van der Waals surface area contributed by atoms with Gasteiger partial charge in [0.1, 0.15) is 13.2 Å². The van der Waals surface area contributed by atoms with Gasteiger partial charge in [-0.2, -0.15) is 0 Å². The molecule has 0 aliphatic rings. The number of aliphatic hydroxyl groups is 4. The lowest BCUT2D eigenvalue weighted by Gasteiger charge is -2.26. The molecule has 0 aromatic heterocycles. The molecule has 26 heavy (non-hydrogen) atoms. The molecule has 0 fully saturated rings. The van der Waals surface area contributed by atoms with Gasteiger partial charge in [-0.3, -0.25) is 0 Å². The minimum Gasteiger partial charge on any atom is -0.461 e. The molecule has 0 rings (SSSR count). The summed E-state index contributed by atoms with van der Waals surface area (Å²) in [5.74, 6) is -1.02. The van der Waals surface area contributed by atoms with Crippen LogP contribution in [0.1, 0.15) is 13.8 Å². The fraction of sp³-hybridized carbons (Fsp3) is 0.647. The number of hydrogen-bond donors (Lipinski definition) is 4. The molecule has 0 spiro atoms. The fourth-order valence-electron chi connectivity index (χ4n) is 1.11. The lowest BCUT2D eigenvalue weighted by Crippen LogP contribution is -2.39. The van der Waals surface area contributed by atoms with Gasteiger partial charge in [0.25, 0.3) is 0 Å². The third-order valence-electron chi connectivity index (χ3n) is 2.91. The van der Waals surface area contributed by atoms with Crippen LogP contribution < -0.4 is 0 Å². The van der Waals surface area contributed by atoms with E-state index in [-0.39, 0.29) is 32.0 Å². The van der Waals surface area contributed by atoms with Gasteiger partial charge in [0, 0.05) is 11.1 Å². The standard InChI is InChI=1S/C9H16O5.C8H14O4/c1-7(2)8(13)14-6-9(3-10,4-11)5-12;1-7(2)8(10)12-6-5-11-4-3-9/h10-12H,1,3-6H2,2H3;9H,1,3-6H2,2H3. The molecule has 0 aromatic rings. The number of esters is 2. The average molecular weight is 378 g/mol. The van der Waals surface area contributed by atoms with Crippen molar-refractivity contribution in [3.05, 3.63) is 24.3 Å². The Labute approximate surface area is 153 Å². The summed E-state index contributed by atoms with van der Waals surface area (Å²) in [6, 6.07) is 0. The van der Waals surface area contributed by atoms with Crippen molar-refractivity contribution in [2.45, 2.75) is 13.8 Å². The summed E-state index contributed by atoms with van der Waals surface area (Å²) >= 11 is 0. The summed E-state index contributed by atoms with van der Waals surface area (Å²) in [7, 11) is 0. The van der Waals surface area contributed by atoms with Crippen molar-refractivity contribution in [3.8, 4) is 0 Å². The van der Waals surface area contributed by atoms with E-state index in [1.54, 1.807) is 6.92 Å². The summed E-state index contributed by atoms with van der Waals surface area (Å²) in [6.07, 6.45) is 0. The lowest BCUT2D eigenvalue weighted by molar-refractivity contribution is -0.146. The Morgan fingerprint density at radius 1 is 0.808 bits per heavy atom. The maximum atomic E-state index is 11.0. The van der Waals surface area contributed by atoms with Crippen LogP contribution in [0.4, 0.5) is 0 Å². The second-order valence-corrected chi connectivity index (χ2v) is 5.58. The number of ether oxygens (including phenoxy) is 3. The predicted octanol–water partition coefficient (Wildman–Crippen LogP) is -0.816. The summed E-state index contributed by atoms with van der Waals surface area (Å²) in [5, 5.41) is 35.0. The van der Waals surface area contributed by atoms with Crippen LogP contribution in [0.25, 0.3) is 0 Å². The van der Waals surface area contributed by atoms with E-state index in [2.05, 4.69) is 13.2 Å². The van der Waals surface area contributed by atoms with E-state index in [1.165, 1.54) is 6.92 Å². The van der Waals surface area contributed by atoms with Crippen LogP contribution in [0, 0.1) is 5.41 Å². The van der Waals surface area contributed by atoms with Gasteiger partial charge in [-0.1, -0.05) is 13.2 Å². The van der Waals surface area contributed by atoms with Crippen molar-refractivity contribution < 1.29 is 44.2 Å². The third-order valence-corrected chi connectivity index (χ3v) is 2.91. The molecular weight excluding hydrogens is 348 g/mol. The van der Waals surface area contributed by atoms with Gasteiger partial charge >= 0.3 is 11.9 Å². The average Bonchev–Trinajstić information content (AvgIpc) is 2.63. The number of rotatable bonds is 12. The first-order chi connectivity index (χ1) is 12.2. The zero-order valence-electron chi connectivity index (χ0n) is 15.4. The Bertz CT molecular complexity index is 433. The van der Waals surface area contributed by atoms with Crippen molar-refractivity contribution in [1.29, 1.82) is 0 Å². The predicted molar refractivity (Wildman–Crippen MR) is 93.1 cm³/mol. The van der Waals surface area contributed by atoms with E-state index in [1.807, 2.05) is 0 Å². The van der Waals surface area contributed by atoms with Crippen LogP contribution in [0.2, 0.25) is 0 Å². The van der Waals surface area contributed by atoms with Crippen LogP contribution >= 0.6 is 0 Å². The van der Waals surface area contributed by atoms with Gasteiger partial charge in [0.2, 0.25) is 0 Å². The number of carbonyl (C=O) groups excluding carboxylic acids is 2. The van der Waals surface area contributed by atoms with Gasteiger partial charge in [0.05, 0.1) is 45.1 Å². The largest absolute Gasteiger partial charge is 0.461 e. The molecule has 0 saturated heterocycles. The van der Waals surface area contributed by atoms with Gasteiger partial charge in [-0.15, -0.1) is 0 Å². The molecule has 0 saturated carbocycles. The van der Waals surface area contributed by atoms with Crippen molar-refractivity contribution in [2.24, 2.45) is 5.41 Å². The normalized spacial score (nSPS) is 10.4. The van der Waals surface area contributed by atoms with Gasteiger partial charge < -0.3 is 34.6 Å². The summed E-state index contributed by atoms with van der Waals surface area (Å²) in [6.45, 7) is 9.01. The minimum absolute atomic E-state index is 0.0194. The maximum absolute atomic E-state index is 11.0. The quantitative estimate of drug-likeness (QED) is 0.195. The summed E-state index contributed by atoms with van der Waals surface area (Å²) in [4.78, 5) is 21.7. The van der Waals surface area contributed by atoms with Gasteiger partial charge in [-0.25, -0.2) is 9.59 Å². The molecule has 0 aromatic carbocycles. The van der Waals surface area contributed by atoms with Crippen LogP contribution in [0.5, 0.6) is 0 Å². The molecule has 0 aliphatic carbocycles. The Balaban J connectivity index is 0. The van der Waals surface area contributed by atoms with E-state index in [4.69, 9.17) is 34.6 Å². The van der Waals surface area contributed by atoms with Crippen LogP contribution in [-0.4, -0.2) is 85.2 Å². The van der Waals surface area contributed by atoms with Gasteiger partial charge in [-0.05, 0) is 13.8 Å². The molecule has 152 valence electrons. The van der Waals surface area contributed by atoms with E-state index in [0.29, 0.717) is 12.2 Å². The number of carbonyl (C=O) groups is 2. The molecular formula is C17H30O9. The molecule has 0 bridgehead atoms. The highest BCUT2D eigenvalue weighted by Gasteiger charge is 2.30. The van der Waals surface area contributed by atoms with Crippen LogP contribution in [-0.2, 0) is 23.8 Å². The highest BCUT2D eigenvalue weighted by molar-refractivity contribution is 5.87. The smallest absolute Gasteiger partial charge is 0.333 e. The second kappa shape index (κ2) is 15.5. The molecule has 0 atom stereocenters. The van der Waals surface area contributed by atoms with E-state index < -0.39 is 37.2 Å². The Morgan fingerprint density at radius 3 is 1.65 bits per heavy atom. The Hall–Kier alpha value is -1.78. The number of aliphatic hydroxyl groups excluding tert-OH is 4. The molecule has 0 aliphatic heterocycles. The monoisotopic (exact) mass is 378 g/mol. The fourth-order valence-corrected chi connectivity index (χ4v) is 1.11. The summed E-state index contributed by atoms with van der Waals surface area (Å²) in [5.41, 5.74) is -0.574. The van der Waals surface area contributed by atoms with Crippen LogP contribution in [0.15, 0.2) is 24.3 Å². The minimum atomic E-state index is -1.18. The SMILES string of the molecule is C=C(C)C(=O)OCC(CO)(CO)CO.C=C(C)C(=O)OCCOCCO. The molecule has 9 nitrogen and oxygen atoms in total. The lowest BCUT2D eigenvalue weighted by atomic mass is 9.93. The van der Waals surface area contributed by atoms with E-state index in [0.717, 1.165) is 0 Å². The topological polar surface area (TPSA) is 143 Å². The van der Waals surface area contributed by atoms with Crippen molar-refractivity contribution in [1.82, 2.24) is 0 Å². The highest BCUT2D eigenvalue weighted by atomic mass is 16.6. The summed E-state index contributed by atoms with van der Waals surface area (Å²) < 4.78 is 14.3. The van der Waals surface area contributed by atoms with Crippen molar-refractivity contribution in [3.63, 3.8) is 0 Å². The first kappa shape index (κ1) is 26.4. The molecule has 0 radical (unpaired) electrons. The van der Waals surface area contributed by atoms with Crippen molar-refractivity contribution >= 4 is 11.9 Å². The first-order valence-corrected chi connectivity index (χ1v) is 7.86. The Kier molecular flexibility index (Phi) is 15.7. The molecule has 0 unspecified atom stereocenters. The first-order valence-electron chi connectivity index (χ1n) is 7.86. The van der Waals surface area contributed by atoms with Gasteiger partial charge in [0.15, 0.2) is 0 Å². The maximum Gasteiger partial charge on any atom is 0.333 e. The molecule has 4 N–H and O–H groups in total. The third kappa shape index (κ3) is 12.6. The van der Waals surface area contributed by atoms with Crippen LogP contribution in [0.3, 0.4) is 0 Å². The van der Waals surface area contributed by atoms with Crippen molar-refractivity contribution in [2.75, 3.05) is 52.9 Å².